The molecule has 0 atom stereocenters. The number of halogens is 1. The lowest BCUT2D eigenvalue weighted by atomic mass is 10.1. The van der Waals surface area contributed by atoms with Crippen molar-refractivity contribution in [2.24, 2.45) is 0 Å². The fourth-order valence-electron chi connectivity index (χ4n) is 1.78. The van der Waals surface area contributed by atoms with Crippen LogP contribution in [-0.2, 0) is 11.2 Å². The number of hydrogen-bond acceptors (Lipinski definition) is 2. The standard InChI is InChI=1S/C16H17ClN2O/c1-2-12-3-7-14(8-4-12)18-11-16(20)19-15-9-5-13(17)6-10-15/h3-10,18H,2,11H2,1H3,(H,19,20). The second-order valence-corrected chi connectivity index (χ2v) is 4.90. The zero-order chi connectivity index (χ0) is 14.4. The Balaban J connectivity index is 1.83. The lowest BCUT2D eigenvalue weighted by Crippen LogP contribution is -2.21. The average molecular weight is 289 g/mol. The minimum atomic E-state index is -0.0908. The predicted molar refractivity (Wildman–Crippen MR) is 84.4 cm³/mol. The van der Waals surface area contributed by atoms with Crippen molar-refractivity contribution in [3.63, 3.8) is 0 Å². The maximum Gasteiger partial charge on any atom is 0.243 e. The Hall–Kier alpha value is -2.00. The molecule has 0 heterocycles. The van der Waals surface area contributed by atoms with Crippen LogP contribution in [0.2, 0.25) is 5.02 Å². The summed E-state index contributed by atoms with van der Waals surface area (Å²) in [5.41, 5.74) is 2.96. The second-order valence-electron chi connectivity index (χ2n) is 4.46. The summed E-state index contributed by atoms with van der Waals surface area (Å²) in [4.78, 5) is 11.8. The van der Waals surface area contributed by atoms with Crippen molar-refractivity contribution >= 4 is 28.9 Å². The third kappa shape index (κ3) is 4.28. The van der Waals surface area contributed by atoms with Crippen molar-refractivity contribution in [3.8, 4) is 0 Å². The number of carbonyl (C=O) groups is 1. The Labute approximate surface area is 124 Å². The van der Waals surface area contributed by atoms with Gasteiger partial charge in [0.25, 0.3) is 0 Å². The Morgan fingerprint density at radius 3 is 2.20 bits per heavy atom. The van der Waals surface area contributed by atoms with E-state index in [1.165, 1.54) is 5.56 Å². The number of benzene rings is 2. The summed E-state index contributed by atoms with van der Waals surface area (Å²) < 4.78 is 0. The van der Waals surface area contributed by atoms with Crippen molar-refractivity contribution in [3.05, 3.63) is 59.1 Å². The summed E-state index contributed by atoms with van der Waals surface area (Å²) in [6.07, 6.45) is 1.01. The van der Waals surface area contributed by atoms with E-state index in [0.29, 0.717) is 5.02 Å². The molecule has 2 rings (SSSR count). The van der Waals surface area contributed by atoms with E-state index in [9.17, 15) is 4.79 Å². The molecular formula is C16H17ClN2O. The first-order chi connectivity index (χ1) is 9.67. The number of hydrogen-bond donors (Lipinski definition) is 2. The number of aryl methyl sites for hydroxylation is 1. The van der Waals surface area contributed by atoms with Gasteiger partial charge in [0.1, 0.15) is 0 Å². The number of carbonyl (C=O) groups excluding carboxylic acids is 1. The van der Waals surface area contributed by atoms with Crippen LogP contribution in [0.4, 0.5) is 11.4 Å². The molecular weight excluding hydrogens is 272 g/mol. The molecule has 0 spiro atoms. The van der Waals surface area contributed by atoms with E-state index in [4.69, 9.17) is 11.6 Å². The van der Waals surface area contributed by atoms with Gasteiger partial charge in [0, 0.05) is 16.4 Å². The number of nitrogens with one attached hydrogen (secondary N) is 2. The quantitative estimate of drug-likeness (QED) is 0.874. The molecule has 1 amide bonds. The van der Waals surface area contributed by atoms with Gasteiger partial charge in [0.05, 0.1) is 6.54 Å². The average Bonchev–Trinajstić information content (AvgIpc) is 2.48. The first-order valence-electron chi connectivity index (χ1n) is 6.55. The van der Waals surface area contributed by atoms with Gasteiger partial charge in [-0.2, -0.15) is 0 Å². The lowest BCUT2D eigenvalue weighted by molar-refractivity contribution is -0.114. The first kappa shape index (κ1) is 14.4. The van der Waals surface area contributed by atoms with Gasteiger partial charge in [0.2, 0.25) is 5.91 Å². The van der Waals surface area contributed by atoms with Crippen LogP contribution in [0.1, 0.15) is 12.5 Å². The number of rotatable bonds is 5. The molecule has 0 aliphatic heterocycles. The van der Waals surface area contributed by atoms with Gasteiger partial charge < -0.3 is 10.6 Å². The summed E-state index contributed by atoms with van der Waals surface area (Å²) in [6, 6.07) is 15.1. The summed E-state index contributed by atoms with van der Waals surface area (Å²) in [6.45, 7) is 2.34. The van der Waals surface area contributed by atoms with E-state index < -0.39 is 0 Å². The van der Waals surface area contributed by atoms with E-state index in [1.54, 1.807) is 24.3 Å². The zero-order valence-electron chi connectivity index (χ0n) is 11.3. The molecule has 0 aliphatic rings. The zero-order valence-corrected chi connectivity index (χ0v) is 12.1. The van der Waals surface area contributed by atoms with Crippen LogP contribution in [0.3, 0.4) is 0 Å². The largest absolute Gasteiger partial charge is 0.376 e. The monoisotopic (exact) mass is 288 g/mol. The fraction of sp³-hybridized carbons (Fsp3) is 0.188. The van der Waals surface area contributed by atoms with Crippen LogP contribution in [0.15, 0.2) is 48.5 Å². The lowest BCUT2D eigenvalue weighted by Gasteiger charge is -2.08. The molecule has 0 unspecified atom stereocenters. The minimum Gasteiger partial charge on any atom is -0.376 e. The van der Waals surface area contributed by atoms with Gasteiger partial charge in [-0.1, -0.05) is 30.7 Å². The highest BCUT2D eigenvalue weighted by Gasteiger charge is 2.02. The molecule has 0 radical (unpaired) electrons. The van der Waals surface area contributed by atoms with Crippen LogP contribution in [-0.4, -0.2) is 12.5 Å². The molecule has 104 valence electrons. The van der Waals surface area contributed by atoms with Gasteiger partial charge in [0.15, 0.2) is 0 Å². The van der Waals surface area contributed by atoms with E-state index >= 15 is 0 Å². The predicted octanol–water partition coefficient (Wildman–Crippen LogP) is 3.95. The molecule has 2 aromatic carbocycles. The number of amides is 1. The van der Waals surface area contributed by atoms with E-state index in [1.807, 2.05) is 12.1 Å². The highest BCUT2D eigenvalue weighted by atomic mass is 35.5. The molecule has 4 heteroatoms. The first-order valence-corrected chi connectivity index (χ1v) is 6.93. The van der Waals surface area contributed by atoms with E-state index in [0.717, 1.165) is 17.8 Å². The Morgan fingerprint density at radius 2 is 1.60 bits per heavy atom. The van der Waals surface area contributed by atoms with Gasteiger partial charge >= 0.3 is 0 Å². The van der Waals surface area contributed by atoms with Crippen LogP contribution < -0.4 is 10.6 Å². The molecule has 0 aliphatic carbocycles. The Bertz CT molecular complexity index is 564. The topological polar surface area (TPSA) is 41.1 Å². The number of anilines is 2. The van der Waals surface area contributed by atoms with Crippen LogP contribution in [0, 0.1) is 0 Å². The normalized spacial score (nSPS) is 10.1. The van der Waals surface area contributed by atoms with Crippen molar-refractivity contribution in [2.45, 2.75) is 13.3 Å². The van der Waals surface area contributed by atoms with Crippen LogP contribution in [0.5, 0.6) is 0 Å². The van der Waals surface area contributed by atoms with Crippen molar-refractivity contribution in [1.82, 2.24) is 0 Å². The molecule has 20 heavy (non-hydrogen) atoms. The summed E-state index contributed by atoms with van der Waals surface area (Å²) >= 11 is 5.79. The van der Waals surface area contributed by atoms with Gasteiger partial charge in [-0.3, -0.25) is 4.79 Å². The van der Waals surface area contributed by atoms with Crippen LogP contribution in [0.25, 0.3) is 0 Å². The Kier molecular flexibility index (Phi) is 5.02. The van der Waals surface area contributed by atoms with Crippen LogP contribution >= 0.6 is 11.6 Å². The molecule has 2 N–H and O–H groups in total. The molecule has 0 bridgehead atoms. The maximum atomic E-state index is 11.8. The van der Waals surface area contributed by atoms with Crippen molar-refractivity contribution < 1.29 is 4.79 Å². The maximum absolute atomic E-state index is 11.8. The van der Waals surface area contributed by atoms with Crippen molar-refractivity contribution in [1.29, 1.82) is 0 Å². The minimum absolute atomic E-state index is 0.0908. The van der Waals surface area contributed by atoms with Gasteiger partial charge in [-0.25, -0.2) is 0 Å². The molecule has 0 aromatic heterocycles. The molecule has 0 saturated heterocycles. The van der Waals surface area contributed by atoms with E-state index in [-0.39, 0.29) is 12.5 Å². The third-order valence-corrected chi connectivity index (χ3v) is 3.20. The third-order valence-electron chi connectivity index (χ3n) is 2.94. The SMILES string of the molecule is CCc1ccc(NCC(=O)Nc2ccc(Cl)cc2)cc1. The van der Waals surface area contributed by atoms with E-state index in [2.05, 4.69) is 29.7 Å². The highest BCUT2D eigenvalue weighted by molar-refractivity contribution is 6.30. The summed E-state index contributed by atoms with van der Waals surface area (Å²) in [5, 5.41) is 6.54. The van der Waals surface area contributed by atoms with Gasteiger partial charge in [-0.05, 0) is 48.4 Å². The fourth-order valence-corrected chi connectivity index (χ4v) is 1.91. The van der Waals surface area contributed by atoms with Gasteiger partial charge in [-0.15, -0.1) is 0 Å². The smallest absolute Gasteiger partial charge is 0.243 e. The second kappa shape index (κ2) is 6.96. The summed E-state index contributed by atoms with van der Waals surface area (Å²) in [7, 11) is 0. The molecule has 0 saturated carbocycles. The van der Waals surface area contributed by atoms with Crippen molar-refractivity contribution in [2.75, 3.05) is 17.2 Å². The highest BCUT2D eigenvalue weighted by Crippen LogP contribution is 2.13. The molecule has 3 nitrogen and oxygen atoms in total. The molecule has 2 aromatic rings. The molecule has 0 fully saturated rings. The Morgan fingerprint density at radius 1 is 1.00 bits per heavy atom. The summed E-state index contributed by atoms with van der Waals surface area (Å²) in [5.74, 6) is -0.0908.